The highest BCUT2D eigenvalue weighted by atomic mass is 15.2. The van der Waals surface area contributed by atoms with E-state index >= 15 is 0 Å². The number of benzene rings is 1. The van der Waals surface area contributed by atoms with E-state index in [-0.39, 0.29) is 0 Å². The molecule has 0 bridgehead atoms. The zero-order valence-corrected chi connectivity index (χ0v) is 11.0. The van der Waals surface area contributed by atoms with Gasteiger partial charge >= 0.3 is 0 Å². The van der Waals surface area contributed by atoms with Crippen molar-refractivity contribution in [3.63, 3.8) is 0 Å². The third-order valence-corrected chi connectivity index (χ3v) is 3.60. The smallest absolute Gasteiger partial charge is 0.145 e. The maximum Gasteiger partial charge on any atom is 0.145 e. The van der Waals surface area contributed by atoms with Crippen LogP contribution in [0.3, 0.4) is 0 Å². The number of likely N-dealkylation sites (tertiary alicyclic amines) is 1. The van der Waals surface area contributed by atoms with Crippen molar-refractivity contribution in [3.05, 3.63) is 35.9 Å². The van der Waals surface area contributed by atoms with Crippen molar-refractivity contribution in [3.8, 4) is 6.07 Å². The van der Waals surface area contributed by atoms with Gasteiger partial charge < -0.3 is 4.90 Å². The topological polar surface area (TPSA) is 39.1 Å². The number of nitriles is 1. The molecule has 96 valence electrons. The maximum absolute atomic E-state index is 9.68. The lowest BCUT2D eigenvalue weighted by molar-refractivity contribution is 0.252. The quantitative estimate of drug-likeness (QED) is 0.861. The molecule has 18 heavy (non-hydrogen) atoms. The molecule has 0 aromatic heterocycles. The third kappa shape index (κ3) is 2.72. The first kappa shape index (κ1) is 13.1. The molecule has 1 aliphatic heterocycles. The first-order chi connectivity index (χ1) is 8.80. The number of nitrogens with one attached hydrogen (secondary N) is 1. The first-order valence-corrected chi connectivity index (χ1v) is 6.75. The summed E-state index contributed by atoms with van der Waals surface area (Å²) < 4.78 is 0. The van der Waals surface area contributed by atoms with Gasteiger partial charge in [-0.1, -0.05) is 37.3 Å². The number of likely N-dealkylation sites (N-methyl/N-ethyl adjacent to an activating group) is 1. The Kier molecular flexibility index (Phi) is 4.35. The molecule has 2 rings (SSSR count). The SMILES string of the molecule is CCNC(C#N)(CN1CCCC1)c1ccccc1. The average molecular weight is 243 g/mol. The summed E-state index contributed by atoms with van der Waals surface area (Å²) in [5, 5.41) is 13.1. The highest BCUT2D eigenvalue weighted by Crippen LogP contribution is 2.23. The predicted molar refractivity (Wildman–Crippen MR) is 73.1 cm³/mol. The maximum atomic E-state index is 9.68. The van der Waals surface area contributed by atoms with Gasteiger partial charge in [-0.15, -0.1) is 0 Å². The molecule has 1 unspecified atom stereocenters. The molecule has 0 saturated carbocycles. The van der Waals surface area contributed by atoms with E-state index in [0.29, 0.717) is 0 Å². The van der Waals surface area contributed by atoms with Crippen LogP contribution in [0.25, 0.3) is 0 Å². The molecule has 3 heteroatoms. The molecule has 1 atom stereocenters. The summed E-state index contributed by atoms with van der Waals surface area (Å²) in [6, 6.07) is 12.6. The third-order valence-electron chi connectivity index (χ3n) is 3.60. The highest BCUT2D eigenvalue weighted by Gasteiger charge is 2.34. The Morgan fingerprint density at radius 1 is 1.28 bits per heavy atom. The Labute approximate surface area is 109 Å². The van der Waals surface area contributed by atoms with Crippen LogP contribution in [0.5, 0.6) is 0 Å². The van der Waals surface area contributed by atoms with Crippen LogP contribution in [0.15, 0.2) is 30.3 Å². The molecule has 0 aliphatic carbocycles. The van der Waals surface area contributed by atoms with Gasteiger partial charge in [0.15, 0.2) is 0 Å². The molecular formula is C15H21N3. The number of hydrogen-bond acceptors (Lipinski definition) is 3. The van der Waals surface area contributed by atoms with Gasteiger partial charge in [-0.05, 0) is 38.0 Å². The van der Waals surface area contributed by atoms with Gasteiger partial charge in [-0.25, -0.2) is 0 Å². The summed E-state index contributed by atoms with van der Waals surface area (Å²) >= 11 is 0. The molecule has 1 aromatic carbocycles. The lowest BCUT2D eigenvalue weighted by Gasteiger charge is -2.32. The Morgan fingerprint density at radius 3 is 2.50 bits per heavy atom. The largest absolute Gasteiger partial charge is 0.300 e. The Hall–Kier alpha value is -1.37. The van der Waals surface area contributed by atoms with Gasteiger partial charge in [0, 0.05) is 6.54 Å². The predicted octanol–water partition coefficient (Wildman–Crippen LogP) is 2.11. The highest BCUT2D eigenvalue weighted by molar-refractivity contribution is 5.32. The van der Waals surface area contributed by atoms with Gasteiger partial charge in [0.25, 0.3) is 0 Å². The second kappa shape index (κ2) is 5.99. The van der Waals surface area contributed by atoms with Crippen molar-refractivity contribution in [1.29, 1.82) is 5.26 Å². The molecule has 3 nitrogen and oxygen atoms in total. The molecular weight excluding hydrogens is 222 g/mol. The molecule has 1 aliphatic rings. The molecule has 1 N–H and O–H groups in total. The zero-order chi connectivity index (χ0) is 12.8. The summed E-state index contributed by atoms with van der Waals surface area (Å²) in [6.45, 7) is 5.86. The fourth-order valence-electron chi connectivity index (χ4n) is 2.69. The minimum absolute atomic E-state index is 0.569. The van der Waals surface area contributed by atoms with E-state index in [1.165, 1.54) is 12.8 Å². The summed E-state index contributed by atoms with van der Waals surface area (Å²) in [7, 11) is 0. The standard InChI is InChI=1S/C15H21N3/c1-2-17-15(12-16,13-18-10-6-7-11-18)14-8-4-3-5-9-14/h3-5,8-9,17H,2,6-7,10-11,13H2,1H3. The van der Waals surface area contributed by atoms with E-state index in [1.54, 1.807) is 0 Å². The second-order valence-corrected chi connectivity index (χ2v) is 4.90. The Balaban J connectivity index is 2.24. The van der Waals surface area contributed by atoms with Gasteiger partial charge in [0.2, 0.25) is 0 Å². The van der Waals surface area contributed by atoms with Crippen LogP contribution in [0.4, 0.5) is 0 Å². The summed E-state index contributed by atoms with van der Waals surface area (Å²) in [5.74, 6) is 0. The Bertz CT molecular complexity index is 403. The summed E-state index contributed by atoms with van der Waals surface area (Å²) in [4.78, 5) is 2.39. The van der Waals surface area contributed by atoms with E-state index in [4.69, 9.17) is 0 Å². The number of hydrogen-bond donors (Lipinski definition) is 1. The zero-order valence-electron chi connectivity index (χ0n) is 11.0. The Morgan fingerprint density at radius 2 is 1.94 bits per heavy atom. The van der Waals surface area contributed by atoms with E-state index in [0.717, 1.165) is 31.7 Å². The van der Waals surface area contributed by atoms with Crippen molar-refractivity contribution < 1.29 is 0 Å². The minimum atomic E-state index is -0.569. The van der Waals surface area contributed by atoms with Crippen molar-refractivity contribution in [1.82, 2.24) is 10.2 Å². The molecule has 1 fully saturated rings. The van der Waals surface area contributed by atoms with E-state index in [9.17, 15) is 5.26 Å². The van der Waals surface area contributed by atoms with Gasteiger partial charge in [-0.2, -0.15) is 5.26 Å². The molecule has 0 amide bonds. The van der Waals surface area contributed by atoms with Crippen LogP contribution >= 0.6 is 0 Å². The lowest BCUT2D eigenvalue weighted by atomic mass is 9.90. The van der Waals surface area contributed by atoms with Gasteiger partial charge in [0.1, 0.15) is 5.54 Å². The summed E-state index contributed by atoms with van der Waals surface area (Å²) in [5.41, 5.74) is 0.502. The van der Waals surface area contributed by atoms with Gasteiger partial charge in [0.05, 0.1) is 6.07 Å². The number of rotatable bonds is 5. The fraction of sp³-hybridized carbons (Fsp3) is 0.533. The molecule has 1 heterocycles. The fourth-order valence-corrected chi connectivity index (χ4v) is 2.69. The van der Waals surface area contributed by atoms with E-state index in [2.05, 4.69) is 23.2 Å². The monoisotopic (exact) mass is 243 g/mol. The van der Waals surface area contributed by atoms with Crippen molar-refractivity contribution >= 4 is 0 Å². The lowest BCUT2D eigenvalue weighted by Crippen LogP contribution is -2.49. The van der Waals surface area contributed by atoms with Crippen molar-refractivity contribution in [2.75, 3.05) is 26.2 Å². The minimum Gasteiger partial charge on any atom is -0.300 e. The van der Waals surface area contributed by atoms with E-state index in [1.807, 2.05) is 30.3 Å². The average Bonchev–Trinajstić information content (AvgIpc) is 2.92. The van der Waals surface area contributed by atoms with Crippen LogP contribution in [0.1, 0.15) is 25.3 Å². The number of nitrogens with zero attached hydrogens (tertiary/aromatic N) is 2. The molecule has 1 aromatic rings. The van der Waals surface area contributed by atoms with Crippen molar-refractivity contribution in [2.24, 2.45) is 0 Å². The van der Waals surface area contributed by atoms with E-state index < -0.39 is 5.54 Å². The normalized spacial score (nSPS) is 19.3. The summed E-state index contributed by atoms with van der Waals surface area (Å²) in [6.07, 6.45) is 2.50. The van der Waals surface area contributed by atoms with Crippen molar-refractivity contribution in [2.45, 2.75) is 25.3 Å². The van der Waals surface area contributed by atoms with Crippen LogP contribution in [-0.4, -0.2) is 31.1 Å². The first-order valence-electron chi connectivity index (χ1n) is 6.75. The van der Waals surface area contributed by atoms with Gasteiger partial charge in [-0.3, -0.25) is 5.32 Å². The van der Waals surface area contributed by atoms with Crippen LogP contribution in [0.2, 0.25) is 0 Å². The second-order valence-electron chi connectivity index (χ2n) is 4.90. The van der Waals surface area contributed by atoms with Crippen LogP contribution < -0.4 is 5.32 Å². The van der Waals surface area contributed by atoms with Crippen LogP contribution in [-0.2, 0) is 5.54 Å². The molecule has 1 saturated heterocycles. The molecule has 0 spiro atoms. The molecule has 0 radical (unpaired) electrons. The van der Waals surface area contributed by atoms with Crippen LogP contribution in [0, 0.1) is 11.3 Å².